The number of Topliss-reactive ketones (excluding diaryl/α,β-unsaturated/α-hetero) is 1. The van der Waals surface area contributed by atoms with Crippen molar-refractivity contribution in [1.29, 1.82) is 0 Å². The van der Waals surface area contributed by atoms with Gasteiger partial charge in [0.2, 0.25) is 0 Å². The summed E-state index contributed by atoms with van der Waals surface area (Å²) in [5.74, 6) is 3.04. The van der Waals surface area contributed by atoms with E-state index in [9.17, 15) is 9.90 Å². The number of aliphatic hydroxyl groups is 1. The average molecular weight is 267 g/mol. The van der Waals surface area contributed by atoms with Gasteiger partial charge in [0.05, 0.1) is 12.1 Å². The third-order valence-electron chi connectivity index (χ3n) is 4.92. The lowest BCUT2D eigenvalue weighted by molar-refractivity contribution is -0.115. The van der Waals surface area contributed by atoms with Gasteiger partial charge < -0.3 is 10.4 Å². The Balaban J connectivity index is 1.79. The third-order valence-corrected chi connectivity index (χ3v) is 6.10. The molecule has 0 radical (unpaired) electrons. The Morgan fingerprint density at radius 2 is 2.17 bits per heavy atom. The smallest absolute Gasteiger partial charge is 0.161 e. The first kappa shape index (κ1) is 12.5. The minimum Gasteiger partial charge on any atom is -0.390 e. The predicted octanol–water partition coefficient (Wildman–Crippen LogP) is 1.57. The van der Waals surface area contributed by atoms with E-state index in [0.29, 0.717) is 29.5 Å². The molecule has 100 valence electrons. The SMILES string of the molecule is CC(N[C@@H]1CSC[C@@H]1O)=C1C(=O)C[C@@H]2[C@H]1C2(C)C. The molecule has 1 saturated heterocycles. The van der Waals surface area contributed by atoms with Gasteiger partial charge in [0.1, 0.15) is 0 Å². The van der Waals surface area contributed by atoms with E-state index in [0.717, 1.165) is 22.8 Å². The van der Waals surface area contributed by atoms with Crippen LogP contribution in [-0.4, -0.2) is 34.5 Å². The predicted molar refractivity (Wildman–Crippen MR) is 73.3 cm³/mol. The zero-order valence-electron chi connectivity index (χ0n) is 11.2. The summed E-state index contributed by atoms with van der Waals surface area (Å²) in [6.45, 7) is 6.50. The van der Waals surface area contributed by atoms with Crippen LogP contribution in [0.2, 0.25) is 0 Å². The highest BCUT2D eigenvalue weighted by Gasteiger charge is 2.65. The number of nitrogens with one attached hydrogen (secondary N) is 1. The Labute approximate surface area is 112 Å². The van der Waals surface area contributed by atoms with Crippen LogP contribution in [0.3, 0.4) is 0 Å². The first-order valence-electron chi connectivity index (χ1n) is 6.69. The van der Waals surface area contributed by atoms with Gasteiger partial charge in [0.25, 0.3) is 0 Å². The highest BCUT2D eigenvalue weighted by atomic mass is 32.2. The Morgan fingerprint density at radius 1 is 1.44 bits per heavy atom. The maximum atomic E-state index is 12.0. The maximum Gasteiger partial charge on any atom is 0.161 e. The molecule has 2 aliphatic carbocycles. The molecule has 0 unspecified atom stereocenters. The summed E-state index contributed by atoms with van der Waals surface area (Å²) in [5.41, 5.74) is 2.31. The number of fused-ring (bicyclic) bond motifs is 1. The van der Waals surface area contributed by atoms with Gasteiger partial charge in [-0.05, 0) is 24.2 Å². The van der Waals surface area contributed by atoms with Crippen molar-refractivity contribution in [2.24, 2.45) is 17.3 Å². The Morgan fingerprint density at radius 3 is 2.72 bits per heavy atom. The van der Waals surface area contributed by atoms with Gasteiger partial charge in [-0.3, -0.25) is 4.79 Å². The zero-order chi connectivity index (χ0) is 13.1. The average Bonchev–Trinajstić information content (AvgIpc) is 2.69. The quantitative estimate of drug-likeness (QED) is 0.746. The second-order valence-corrected chi connectivity index (χ2v) is 7.50. The van der Waals surface area contributed by atoms with Crippen LogP contribution in [0, 0.1) is 17.3 Å². The fourth-order valence-corrected chi connectivity index (χ4v) is 4.83. The van der Waals surface area contributed by atoms with Crippen LogP contribution in [0.1, 0.15) is 27.2 Å². The summed E-state index contributed by atoms with van der Waals surface area (Å²) in [6.07, 6.45) is 0.429. The second-order valence-electron chi connectivity index (χ2n) is 6.43. The van der Waals surface area contributed by atoms with Gasteiger partial charge in [-0.25, -0.2) is 0 Å². The Hall–Kier alpha value is -0.480. The molecule has 0 amide bonds. The molecular formula is C14H21NO2S. The minimum absolute atomic E-state index is 0.108. The topological polar surface area (TPSA) is 49.3 Å². The maximum absolute atomic E-state index is 12.0. The number of thioether (sulfide) groups is 1. The molecule has 0 aromatic heterocycles. The molecule has 3 aliphatic rings. The van der Waals surface area contributed by atoms with Crippen LogP contribution >= 0.6 is 11.8 Å². The van der Waals surface area contributed by atoms with Crippen molar-refractivity contribution in [2.45, 2.75) is 39.3 Å². The van der Waals surface area contributed by atoms with Crippen LogP contribution in [0.25, 0.3) is 0 Å². The number of hydrogen-bond donors (Lipinski definition) is 2. The van der Waals surface area contributed by atoms with E-state index >= 15 is 0 Å². The summed E-state index contributed by atoms with van der Waals surface area (Å²) in [4.78, 5) is 12.0. The Kier molecular flexibility index (Phi) is 2.79. The van der Waals surface area contributed by atoms with Crippen molar-refractivity contribution in [3.63, 3.8) is 0 Å². The van der Waals surface area contributed by atoms with Crippen molar-refractivity contribution in [1.82, 2.24) is 5.32 Å². The minimum atomic E-state index is -0.287. The number of aliphatic hydroxyl groups excluding tert-OH is 1. The second kappa shape index (κ2) is 4.01. The lowest BCUT2D eigenvalue weighted by atomic mass is 9.95. The monoisotopic (exact) mass is 267 g/mol. The van der Waals surface area contributed by atoms with Crippen LogP contribution < -0.4 is 5.32 Å². The fourth-order valence-electron chi connectivity index (χ4n) is 3.66. The van der Waals surface area contributed by atoms with E-state index in [1.54, 1.807) is 11.8 Å². The molecule has 4 heteroatoms. The molecule has 2 N–H and O–H groups in total. The van der Waals surface area contributed by atoms with Crippen molar-refractivity contribution >= 4 is 17.5 Å². The lowest BCUT2D eigenvalue weighted by Crippen LogP contribution is -2.38. The van der Waals surface area contributed by atoms with E-state index < -0.39 is 0 Å². The van der Waals surface area contributed by atoms with Crippen molar-refractivity contribution in [3.8, 4) is 0 Å². The number of carbonyl (C=O) groups is 1. The van der Waals surface area contributed by atoms with Crippen LogP contribution in [0.15, 0.2) is 11.3 Å². The largest absolute Gasteiger partial charge is 0.390 e. The van der Waals surface area contributed by atoms with Crippen LogP contribution in [0.5, 0.6) is 0 Å². The molecule has 1 heterocycles. The van der Waals surface area contributed by atoms with Gasteiger partial charge in [-0.2, -0.15) is 11.8 Å². The molecule has 2 saturated carbocycles. The van der Waals surface area contributed by atoms with E-state index in [-0.39, 0.29) is 12.1 Å². The molecule has 3 rings (SSSR count). The van der Waals surface area contributed by atoms with E-state index in [1.165, 1.54) is 0 Å². The molecule has 0 spiro atoms. The molecule has 4 atom stereocenters. The molecule has 3 nitrogen and oxygen atoms in total. The summed E-state index contributed by atoms with van der Waals surface area (Å²) in [6, 6.07) is 0.108. The van der Waals surface area contributed by atoms with Gasteiger partial charge >= 0.3 is 0 Å². The molecule has 0 aromatic carbocycles. The van der Waals surface area contributed by atoms with Crippen molar-refractivity contribution < 1.29 is 9.90 Å². The molecular weight excluding hydrogens is 246 g/mol. The first-order valence-corrected chi connectivity index (χ1v) is 7.84. The highest BCUT2D eigenvalue weighted by Crippen LogP contribution is 2.68. The summed E-state index contributed by atoms with van der Waals surface area (Å²) in [7, 11) is 0. The number of carbonyl (C=O) groups excluding carboxylic acids is 1. The normalized spacial score (nSPS) is 43.9. The van der Waals surface area contributed by atoms with Crippen molar-refractivity contribution in [3.05, 3.63) is 11.3 Å². The Bertz CT molecular complexity index is 430. The zero-order valence-corrected chi connectivity index (χ0v) is 12.0. The van der Waals surface area contributed by atoms with Gasteiger partial charge in [0.15, 0.2) is 5.78 Å². The summed E-state index contributed by atoms with van der Waals surface area (Å²) in [5, 5.41) is 13.2. The highest BCUT2D eigenvalue weighted by molar-refractivity contribution is 7.99. The standard InChI is InChI=1S/C14H21NO2S/c1-7(15-9-5-18-6-11(9)17)12-10(16)4-8-13(12)14(8,2)3/h8-9,11,13,15,17H,4-6H2,1-3H3/t8-,9-,11+,13-/m1/s1. The first-order chi connectivity index (χ1) is 8.43. The van der Waals surface area contributed by atoms with Gasteiger partial charge in [-0.1, -0.05) is 13.8 Å². The number of rotatable bonds is 2. The van der Waals surface area contributed by atoms with Gasteiger partial charge in [-0.15, -0.1) is 0 Å². The molecule has 0 bridgehead atoms. The molecule has 3 fully saturated rings. The fraction of sp³-hybridized carbons (Fsp3) is 0.786. The van der Waals surface area contributed by atoms with Gasteiger partial charge in [0, 0.05) is 29.2 Å². The number of allylic oxidation sites excluding steroid dienone is 2. The lowest BCUT2D eigenvalue weighted by Gasteiger charge is -2.20. The van der Waals surface area contributed by atoms with Crippen LogP contribution in [0.4, 0.5) is 0 Å². The van der Waals surface area contributed by atoms with E-state index in [1.807, 2.05) is 6.92 Å². The van der Waals surface area contributed by atoms with E-state index in [2.05, 4.69) is 19.2 Å². The van der Waals surface area contributed by atoms with Crippen LogP contribution in [-0.2, 0) is 4.79 Å². The molecule has 0 aromatic rings. The summed E-state index contributed by atoms with van der Waals surface area (Å²) < 4.78 is 0. The third kappa shape index (κ3) is 1.73. The number of ketones is 1. The summed E-state index contributed by atoms with van der Waals surface area (Å²) >= 11 is 1.77. The van der Waals surface area contributed by atoms with E-state index in [4.69, 9.17) is 0 Å². The van der Waals surface area contributed by atoms with Crippen molar-refractivity contribution in [2.75, 3.05) is 11.5 Å². The molecule has 1 aliphatic heterocycles. The molecule has 18 heavy (non-hydrogen) atoms. The number of hydrogen-bond acceptors (Lipinski definition) is 4.